The first kappa shape index (κ1) is 19.3. The summed E-state index contributed by atoms with van der Waals surface area (Å²) in [5.74, 6) is 2.21. The number of carbonyl (C=O) groups is 1. The van der Waals surface area contributed by atoms with Crippen molar-refractivity contribution in [2.24, 2.45) is 0 Å². The molecule has 0 aliphatic rings. The minimum Gasteiger partial charge on any atom is -0.460 e. The van der Waals surface area contributed by atoms with Crippen molar-refractivity contribution >= 4 is 17.7 Å². The summed E-state index contributed by atoms with van der Waals surface area (Å²) in [6.07, 6.45) is 0. The van der Waals surface area contributed by atoms with Crippen LogP contribution in [0.2, 0.25) is 0 Å². The highest BCUT2D eigenvalue weighted by Crippen LogP contribution is 2.21. The smallest absolute Gasteiger partial charge is 0.333 e. The van der Waals surface area contributed by atoms with E-state index in [1.54, 1.807) is 18.7 Å². The van der Waals surface area contributed by atoms with Gasteiger partial charge in [-0.3, -0.25) is 0 Å². The van der Waals surface area contributed by atoms with Gasteiger partial charge in [0.1, 0.15) is 19.0 Å². The molecule has 4 nitrogen and oxygen atoms in total. The summed E-state index contributed by atoms with van der Waals surface area (Å²) in [5.41, 5.74) is 1.68. The molecule has 0 saturated heterocycles. The van der Waals surface area contributed by atoms with Gasteiger partial charge in [0.05, 0.1) is 5.75 Å². The lowest BCUT2D eigenvalue weighted by molar-refractivity contribution is -0.265. The standard InChI is InChI=1S/C18H24O4S/c1-14(2)18(19)20-10-11-21-22-16(4)13-23-12-15(3)17-8-6-5-7-9-17/h5-9,15H,1,4,10-13H2,2-3H3. The second-order valence-corrected chi connectivity index (χ2v) is 6.22. The van der Waals surface area contributed by atoms with E-state index < -0.39 is 5.97 Å². The zero-order chi connectivity index (χ0) is 17.1. The maximum Gasteiger partial charge on any atom is 0.333 e. The topological polar surface area (TPSA) is 44.8 Å². The quantitative estimate of drug-likeness (QED) is 0.152. The Labute approximate surface area is 142 Å². The normalized spacial score (nSPS) is 11.6. The number of ether oxygens (including phenoxy) is 1. The van der Waals surface area contributed by atoms with Gasteiger partial charge in [0.25, 0.3) is 0 Å². The Hall–Kier alpha value is -1.72. The van der Waals surface area contributed by atoms with Crippen LogP contribution >= 0.6 is 11.8 Å². The van der Waals surface area contributed by atoms with E-state index in [1.807, 2.05) is 18.2 Å². The van der Waals surface area contributed by atoms with Crippen molar-refractivity contribution < 1.29 is 19.3 Å². The van der Waals surface area contributed by atoms with Crippen molar-refractivity contribution in [2.45, 2.75) is 19.8 Å². The average molecular weight is 336 g/mol. The number of benzene rings is 1. The molecule has 1 aromatic carbocycles. The number of thioether (sulfide) groups is 1. The van der Waals surface area contributed by atoms with Crippen LogP contribution in [0, 0.1) is 0 Å². The van der Waals surface area contributed by atoms with Crippen LogP contribution in [0.5, 0.6) is 0 Å². The number of carbonyl (C=O) groups excluding carboxylic acids is 1. The number of hydrogen-bond donors (Lipinski definition) is 0. The van der Waals surface area contributed by atoms with Crippen LogP contribution in [0.15, 0.2) is 54.8 Å². The first-order valence-electron chi connectivity index (χ1n) is 7.43. The van der Waals surface area contributed by atoms with E-state index in [4.69, 9.17) is 14.5 Å². The molecule has 0 radical (unpaired) electrons. The van der Waals surface area contributed by atoms with Gasteiger partial charge in [0.15, 0.2) is 0 Å². The van der Waals surface area contributed by atoms with Crippen molar-refractivity contribution in [2.75, 3.05) is 24.7 Å². The molecule has 0 spiro atoms. The minimum absolute atomic E-state index is 0.122. The first-order chi connectivity index (χ1) is 11.0. The molecule has 1 unspecified atom stereocenters. The van der Waals surface area contributed by atoms with Crippen LogP contribution in [-0.4, -0.2) is 30.7 Å². The predicted octanol–water partition coefficient (Wildman–Crippen LogP) is 4.10. The van der Waals surface area contributed by atoms with Crippen LogP contribution in [0.1, 0.15) is 25.3 Å². The second kappa shape index (κ2) is 10.9. The Morgan fingerprint density at radius 3 is 2.57 bits per heavy atom. The van der Waals surface area contributed by atoms with Crippen LogP contribution in [0.4, 0.5) is 0 Å². The maximum absolute atomic E-state index is 11.1. The number of hydrogen-bond acceptors (Lipinski definition) is 5. The van der Waals surface area contributed by atoms with E-state index in [2.05, 4.69) is 32.2 Å². The van der Waals surface area contributed by atoms with E-state index in [-0.39, 0.29) is 13.2 Å². The highest BCUT2D eigenvalue weighted by atomic mass is 32.2. The lowest BCUT2D eigenvalue weighted by atomic mass is 10.0. The molecule has 0 fully saturated rings. The van der Waals surface area contributed by atoms with Crippen molar-refractivity contribution in [3.05, 3.63) is 60.4 Å². The summed E-state index contributed by atoms with van der Waals surface area (Å²) in [6.45, 7) is 11.3. The monoisotopic (exact) mass is 336 g/mol. The van der Waals surface area contributed by atoms with Gasteiger partial charge in [0, 0.05) is 11.3 Å². The fraction of sp³-hybridized carbons (Fsp3) is 0.389. The second-order valence-electron chi connectivity index (χ2n) is 5.19. The first-order valence-corrected chi connectivity index (χ1v) is 8.58. The molecule has 1 aromatic rings. The summed E-state index contributed by atoms with van der Waals surface area (Å²) in [6, 6.07) is 10.4. The van der Waals surface area contributed by atoms with Crippen LogP contribution in [0.25, 0.3) is 0 Å². The van der Waals surface area contributed by atoms with E-state index in [0.717, 1.165) is 5.75 Å². The van der Waals surface area contributed by atoms with Gasteiger partial charge in [-0.15, -0.1) is 0 Å². The lowest BCUT2D eigenvalue weighted by Gasteiger charge is -2.12. The summed E-state index contributed by atoms with van der Waals surface area (Å²) in [5, 5.41) is 0. The zero-order valence-electron chi connectivity index (χ0n) is 13.7. The highest BCUT2D eigenvalue weighted by molar-refractivity contribution is 7.99. The molecule has 0 amide bonds. The minimum atomic E-state index is -0.433. The maximum atomic E-state index is 11.1. The molecule has 0 heterocycles. The van der Waals surface area contributed by atoms with Gasteiger partial charge in [0.2, 0.25) is 0 Å². The molecular formula is C18H24O4S. The van der Waals surface area contributed by atoms with E-state index >= 15 is 0 Å². The van der Waals surface area contributed by atoms with Gasteiger partial charge < -0.3 is 9.62 Å². The molecule has 23 heavy (non-hydrogen) atoms. The van der Waals surface area contributed by atoms with Crippen molar-refractivity contribution in [3.63, 3.8) is 0 Å². The molecular weight excluding hydrogens is 312 g/mol. The van der Waals surface area contributed by atoms with E-state index in [9.17, 15) is 4.79 Å². The average Bonchev–Trinajstić information content (AvgIpc) is 2.54. The van der Waals surface area contributed by atoms with Gasteiger partial charge >= 0.3 is 5.97 Å². The van der Waals surface area contributed by atoms with Gasteiger partial charge in [-0.1, -0.05) is 50.4 Å². The molecule has 5 heteroatoms. The summed E-state index contributed by atoms with van der Waals surface area (Å²) < 4.78 is 4.87. The van der Waals surface area contributed by atoms with Crippen LogP contribution < -0.4 is 0 Å². The fourth-order valence-corrected chi connectivity index (χ4v) is 2.61. The molecule has 0 N–H and O–H groups in total. The third-order valence-corrected chi connectivity index (χ3v) is 4.19. The highest BCUT2D eigenvalue weighted by Gasteiger charge is 2.06. The summed E-state index contributed by atoms with van der Waals surface area (Å²) in [4.78, 5) is 21.1. The van der Waals surface area contributed by atoms with Crippen LogP contribution in [-0.2, 0) is 19.3 Å². The fourth-order valence-electron chi connectivity index (χ4n) is 1.67. The Morgan fingerprint density at radius 2 is 1.91 bits per heavy atom. The molecule has 0 aliphatic carbocycles. The van der Waals surface area contributed by atoms with Crippen molar-refractivity contribution in [1.82, 2.24) is 0 Å². The lowest BCUT2D eigenvalue weighted by Crippen LogP contribution is -2.11. The number of rotatable bonds is 11. The Kier molecular flexibility index (Phi) is 9.17. The Balaban J connectivity index is 2.06. The van der Waals surface area contributed by atoms with E-state index in [1.165, 1.54) is 5.56 Å². The van der Waals surface area contributed by atoms with Crippen molar-refractivity contribution in [3.8, 4) is 0 Å². The molecule has 0 aromatic heterocycles. The molecule has 0 saturated carbocycles. The summed E-state index contributed by atoms with van der Waals surface area (Å²) in [7, 11) is 0. The third-order valence-electron chi connectivity index (χ3n) is 2.92. The molecule has 126 valence electrons. The van der Waals surface area contributed by atoms with Gasteiger partial charge in [-0.05, 0) is 18.4 Å². The third kappa shape index (κ3) is 8.47. The van der Waals surface area contributed by atoms with Gasteiger partial charge in [-0.25, -0.2) is 4.79 Å². The molecule has 0 bridgehead atoms. The van der Waals surface area contributed by atoms with Crippen molar-refractivity contribution in [1.29, 1.82) is 0 Å². The van der Waals surface area contributed by atoms with Crippen LogP contribution in [0.3, 0.4) is 0 Å². The Morgan fingerprint density at radius 1 is 1.22 bits per heavy atom. The summed E-state index contributed by atoms with van der Waals surface area (Å²) >= 11 is 1.74. The van der Waals surface area contributed by atoms with Gasteiger partial charge in [-0.2, -0.15) is 16.6 Å². The molecule has 1 atom stereocenters. The van der Waals surface area contributed by atoms with E-state index in [0.29, 0.717) is 23.0 Å². The predicted molar refractivity (Wildman–Crippen MR) is 94.1 cm³/mol. The largest absolute Gasteiger partial charge is 0.460 e. The zero-order valence-corrected chi connectivity index (χ0v) is 14.6. The Bertz CT molecular complexity index is 513. The molecule has 0 aliphatic heterocycles. The molecule has 1 rings (SSSR count). The SMILES string of the molecule is C=C(CSCC(C)c1ccccc1)OOCCOC(=O)C(=C)C. The number of esters is 1.